The Kier molecular flexibility index (Phi) is 7.23. The van der Waals surface area contributed by atoms with Gasteiger partial charge in [-0.3, -0.25) is 4.99 Å². The van der Waals surface area contributed by atoms with Gasteiger partial charge in [-0.1, -0.05) is 18.2 Å². The summed E-state index contributed by atoms with van der Waals surface area (Å²) in [7, 11) is 0. The van der Waals surface area contributed by atoms with Crippen molar-refractivity contribution in [2.24, 2.45) is 10.1 Å². The van der Waals surface area contributed by atoms with E-state index >= 15 is 0 Å². The summed E-state index contributed by atoms with van der Waals surface area (Å²) in [5, 5.41) is 6.51. The van der Waals surface area contributed by atoms with Gasteiger partial charge >= 0.3 is 12.4 Å². The van der Waals surface area contributed by atoms with Gasteiger partial charge in [0.1, 0.15) is 11.5 Å². The Balaban J connectivity index is 1.31. The number of rotatable bonds is 6. The highest BCUT2D eigenvalue weighted by molar-refractivity contribution is 6.06. The first-order valence-electron chi connectivity index (χ1n) is 11.1. The number of aryl methyl sites for hydroxylation is 3. The Morgan fingerprint density at radius 3 is 2.36 bits per heavy atom. The highest BCUT2D eigenvalue weighted by Gasteiger charge is 2.31. The molecule has 7 nitrogen and oxygen atoms in total. The summed E-state index contributed by atoms with van der Waals surface area (Å²) in [6.07, 6.45) is -2.41. The van der Waals surface area contributed by atoms with Gasteiger partial charge in [-0.05, 0) is 91.4 Å². The number of hydrazone groups is 1. The van der Waals surface area contributed by atoms with Gasteiger partial charge in [0.05, 0.1) is 5.69 Å². The van der Waals surface area contributed by atoms with Gasteiger partial charge in [0.15, 0.2) is 6.40 Å². The average molecular weight is 496 g/mol. The minimum atomic E-state index is -4.72. The second kappa shape index (κ2) is 10.5. The summed E-state index contributed by atoms with van der Waals surface area (Å²) in [6.45, 7) is 3.80. The SMILES string of the molecule is Cc1cccc(C)c1NC(=O)NN=COc1ccc(N=C2CCc3cc(OC(F)(F)F)ccc32)cc1. The standard InChI is InChI=1S/C26H23F3N4O3/c1-16-4-3-5-17(2)24(16)32-25(34)33-30-15-35-20-9-7-19(8-10-20)31-23-13-6-18-14-21(11-12-22(18)23)36-26(27,28)29/h3-5,7-12,14-15H,6,13H2,1-2H3,(H2,32,33,34). The number of fused-ring (bicyclic) bond motifs is 1. The van der Waals surface area contributed by atoms with E-state index in [1.807, 2.05) is 32.0 Å². The molecule has 186 valence electrons. The van der Waals surface area contributed by atoms with Crippen LogP contribution in [-0.2, 0) is 6.42 Å². The van der Waals surface area contributed by atoms with Crippen molar-refractivity contribution in [1.82, 2.24) is 5.43 Å². The Bertz CT molecular complexity index is 1300. The van der Waals surface area contributed by atoms with E-state index in [0.29, 0.717) is 24.3 Å². The molecule has 0 bridgehead atoms. The zero-order valence-electron chi connectivity index (χ0n) is 19.5. The van der Waals surface area contributed by atoms with Gasteiger partial charge in [0, 0.05) is 11.4 Å². The van der Waals surface area contributed by atoms with Crippen molar-refractivity contribution in [3.05, 3.63) is 82.9 Å². The molecule has 0 spiro atoms. The van der Waals surface area contributed by atoms with Gasteiger partial charge in [0.2, 0.25) is 0 Å². The van der Waals surface area contributed by atoms with Crippen LogP contribution >= 0.6 is 0 Å². The van der Waals surface area contributed by atoms with Crippen molar-refractivity contribution in [2.75, 3.05) is 5.32 Å². The molecule has 0 heterocycles. The van der Waals surface area contributed by atoms with Gasteiger partial charge < -0.3 is 14.8 Å². The summed E-state index contributed by atoms with van der Waals surface area (Å²) >= 11 is 0. The summed E-state index contributed by atoms with van der Waals surface area (Å²) in [5.74, 6) is 0.253. The third-order valence-electron chi connectivity index (χ3n) is 5.48. The molecular formula is C26H23F3N4O3. The van der Waals surface area contributed by atoms with E-state index in [2.05, 4.69) is 25.6 Å². The molecule has 0 saturated carbocycles. The maximum atomic E-state index is 12.4. The molecule has 10 heteroatoms. The number of urea groups is 1. The fourth-order valence-corrected chi connectivity index (χ4v) is 3.84. The van der Waals surface area contributed by atoms with Crippen LogP contribution in [0.3, 0.4) is 0 Å². The number of halogens is 3. The number of nitrogens with zero attached hydrogens (tertiary/aromatic N) is 2. The number of anilines is 1. The number of hydrogen-bond donors (Lipinski definition) is 2. The lowest BCUT2D eigenvalue weighted by Crippen LogP contribution is -2.25. The molecule has 0 unspecified atom stereocenters. The molecule has 0 saturated heterocycles. The number of ether oxygens (including phenoxy) is 2. The maximum Gasteiger partial charge on any atom is 0.573 e. The van der Waals surface area contributed by atoms with Crippen molar-refractivity contribution in [1.29, 1.82) is 0 Å². The number of aliphatic imine (C=N–C) groups is 1. The number of benzene rings is 3. The van der Waals surface area contributed by atoms with E-state index in [1.54, 1.807) is 30.3 Å². The van der Waals surface area contributed by atoms with Crippen LogP contribution in [-0.4, -0.2) is 24.5 Å². The zero-order valence-corrected chi connectivity index (χ0v) is 19.5. The van der Waals surface area contributed by atoms with Crippen LogP contribution in [0.4, 0.5) is 29.3 Å². The van der Waals surface area contributed by atoms with Crippen LogP contribution in [0.15, 0.2) is 70.8 Å². The minimum Gasteiger partial charge on any atom is -0.444 e. The van der Waals surface area contributed by atoms with Crippen LogP contribution in [0.5, 0.6) is 11.5 Å². The molecule has 0 aromatic heterocycles. The Morgan fingerprint density at radius 1 is 0.972 bits per heavy atom. The third-order valence-corrected chi connectivity index (χ3v) is 5.48. The lowest BCUT2D eigenvalue weighted by Gasteiger charge is -2.10. The summed E-state index contributed by atoms with van der Waals surface area (Å²) in [4.78, 5) is 16.7. The predicted octanol–water partition coefficient (Wildman–Crippen LogP) is 6.41. The molecule has 4 rings (SSSR count). The predicted molar refractivity (Wildman–Crippen MR) is 131 cm³/mol. The van der Waals surface area contributed by atoms with E-state index in [9.17, 15) is 18.0 Å². The Hall–Kier alpha value is -4.34. The van der Waals surface area contributed by atoms with Crippen molar-refractivity contribution in [3.63, 3.8) is 0 Å². The van der Waals surface area contributed by atoms with Gasteiger partial charge in [-0.2, -0.15) is 0 Å². The normalized spacial score (nSPS) is 14.1. The summed E-state index contributed by atoms with van der Waals surface area (Å²) < 4.78 is 46.7. The largest absolute Gasteiger partial charge is 0.573 e. The first-order valence-corrected chi connectivity index (χ1v) is 11.1. The Labute approximate surface area is 205 Å². The van der Waals surface area contributed by atoms with Crippen LogP contribution < -0.4 is 20.2 Å². The molecule has 3 aromatic carbocycles. The molecule has 2 amide bonds. The van der Waals surface area contributed by atoms with E-state index < -0.39 is 12.4 Å². The number of carbonyl (C=O) groups excluding carboxylic acids is 1. The van der Waals surface area contributed by atoms with E-state index in [0.717, 1.165) is 40.1 Å². The quantitative estimate of drug-likeness (QED) is 0.235. The van der Waals surface area contributed by atoms with Crippen LogP contribution in [0, 0.1) is 13.8 Å². The third kappa shape index (κ3) is 6.41. The first-order chi connectivity index (χ1) is 17.2. The monoisotopic (exact) mass is 496 g/mol. The lowest BCUT2D eigenvalue weighted by atomic mass is 10.1. The Morgan fingerprint density at radius 2 is 1.67 bits per heavy atom. The second-order valence-corrected chi connectivity index (χ2v) is 8.10. The number of alkyl halides is 3. The van der Waals surface area contributed by atoms with Crippen LogP contribution in [0.2, 0.25) is 0 Å². The number of carbonyl (C=O) groups is 1. The number of amides is 2. The summed E-state index contributed by atoms with van der Waals surface area (Å²) in [5.41, 5.74) is 7.98. The van der Waals surface area contributed by atoms with Crippen LogP contribution in [0.1, 0.15) is 28.7 Å². The van der Waals surface area contributed by atoms with Crippen molar-refractivity contribution >= 4 is 29.5 Å². The first kappa shape index (κ1) is 24.8. The molecule has 0 atom stereocenters. The van der Waals surface area contributed by atoms with Gasteiger partial charge in [0.25, 0.3) is 0 Å². The number of nitrogens with one attached hydrogen (secondary N) is 2. The fourth-order valence-electron chi connectivity index (χ4n) is 3.84. The smallest absolute Gasteiger partial charge is 0.444 e. The van der Waals surface area contributed by atoms with Crippen molar-refractivity contribution in [2.45, 2.75) is 33.1 Å². The highest BCUT2D eigenvalue weighted by atomic mass is 19.4. The molecule has 0 fully saturated rings. The van der Waals surface area contributed by atoms with Crippen molar-refractivity contribution in [3.8, 4) is 11.5 Å². The minimum absolute atomic E-state index is 0.233. The highest BCUT2D eigenvalue weighted by Crippen LogP contribution is 2.31. The topological polar surface area (TPSA) is 84.3 Å². The van der Waals surface area contributed by atoms with E-state index in [1.165, 1.54) is 12.1 Å². The second-order valence-electron chi connectivity index (χ2n) is 8.10. The van der Waals surface area contributed by atoms with E-state index in [-0.39, 0.29) is 5.75 Å². The number of para-hydroxylation sites is 1. The zero-order chi connectivity index (χ0) is 25.7. The maximum absolute atomic E-state index is 12.4. The lowest BCUT2D eigenvalue weighted by molar-refractivity contribution is -0.274. The van der Waals surface area contributed by atoms with E-state index in [4.69, 9.17) is 4.74 Å². The molecule has 36 heavy (non-hydrogen) atoms. The molecule has 0 radical (unpaired) electrons. The van der Waals surface area contributed by atoms with Crippen molar-refractivity contribution < 1.29 is 27.4 Å². The van der Waals surface area contributed by atoms with Gasteiger partial charge in [-0.15, -0.1) is 18.3 Å². The molecular weight excluding hydrogens is 473 g/mol. The number of hydrogen-bond acceptors (Lipinski definition) is 5. The molecule has 2 N–H and O–H groups in total. The average Bonchev–Trinajstić information content (AvgIpc) is 3.21. The fraction of sp³-hybridized carbons (Fsp3) is 0.192. The summed E-state index contributed by atoms with van der Waals surface area (Å²) in [6, 6.07) is 16.4. The van der Waals surface area contributed by atoms with Crippen LogP contribution in [0.25, 0.3) is 0 Å². The molecule has 0 aliphatic heterocycles. The molecule has 3 aromatic rings. The molecule has 1 aliphatic carbocycles. The molecule has 1 aliphatic rings. The van der Waals surface area contributed by atoms with Gasteiger partial charge in [-0.25, -0.2) is 10.2 Å².